The van der Waals surface area contributed by atoms with Crippen LogP contribution in [-0.4, -0.2) is 34.1 Å². The number of anilines is 3. The zero-order valence-electron chi connectivity index (χ0n) is 16.3. The van der Waals surface area contributed by atoms with Gasteiger partial charge in [-0.15, -0.1) is 0 Å². The van der Waals surface area contributed by atoms with Crippen molar-refractivity contribution in [2.75, 3.05) is 23.3 Å². The highest BCUT2D eigenvalue weighted by Gasteiger charge is 2.25. The number of benzene rings is 1. The Hall–Kier alpha value is -2.63. The number of nitrogens with zero attached hydrogens (tertiary/aromatic N) is 3. The second-order valence-corrected chi connectivity index (χ2v) is 7.07. The first kappa shape index (κ1) is 19.1. The SMILES string of the molecule is CCc1cccc(CC)c1Nc1nc(C)cc(N2CCC(C(=O)O)CC2)n1. The maximum atomic E-state index is 11.2. The van der Waals surface area contributed by atoms with Crippen LogP contribution in [0.4, 0.5) is 17.5 Å². The van der Waals surface area contributed by atoms with Crippen LogP contribution in [0, 0.1) is 12.8 Å². The van der Waals surface area contributed by atoms with E-state index in [0.29, 0.717) is 31.9 Å². The molecule has 0 atom stereocenters. The van der Waals surface area contributed by atoms with Crippen molar-refractivity contribution < 1.29 is 9.90 Å². The fourth-order valence-corrected chi connectivity index (χ4v) is 3.64. The number of aromatic nitrogens is 2. The van der Waals surface area contributed by atoms with Gasteiger partial charge in [-0.2, -0.15) is 4.98 Å². The minimum Gasteiger partial charge on any atom is -0.481 e. The van der Waals surface area contributed by atoms with Crippen LogP contribution in [0.5, 0.6) is 0 Å². The van der Waals surface area contributed by atoms with Gasteiger partial charge in [0.1, 0.15) is 5.82 Å². The zero-order chi connectivity index (χ0) is 19.4. The number of aryl methyl sites for hydroxylation is 3. The summed E-state index contributed by atoms with van der Waals surface area (Å²) in [6.07, 6.45) is 3.19. The Morgan fingerprint density at radius 1 is 1.19 bits per heavy atom. The van der Waals surface area contributed by atoms with Crippen LogP contribution < -0.4 is 10.2 Å². The molecule has 6 nitrogen and oxygen atoms in total. The summed E-state index contributed by atoms with van der Waals surface area (Å²) in [5.41, 5.74) is 4.50. The molecule has 1 aromatic heterocycles. The minimum absolute atomic E-state index is 0.245. The van der Waals surface area contributed by atoms with Crippen LogP contribution in [0.3, 0.4) is 0 Å². The monoisotopic (exact) mass is 368 g/mol. The quantitative estimate of drug-likeness (QED) is 0.804. The van der Waals surface area contributed by atoms with Crippen molar-refractivity contribution >= 4 is 23.4 Å². The Bertz CT molecular complexity index is 792. The molecule has 0 spiro atoms. The normalized spacial score (nSPS) is 15.0. The van der Waals surface area contributed by atoms with E-state index in [0.717, 1.165) is 30.0 Å². The zero-order valence-corrected chi connectivity index (χ0v) is 16.3. The summed E-state index contributed by atoms with van der Waals surface area (Å²) < 4.78 is 0. The molecule has 1 aliphatic heterocycles. The molecule has 1 saturated heterocycles. The molecule has 27 heavy (non-hydrogen) atoms. The van der Waals surface area contributed by atoms with Crippen LogP contribution >= 0.6 is 0 Å². The van der Waals surface area contributed by atoms with E-state index in [4.69, 9.17) is 4.98 Å². The van der Waals surface area contributed by atoms with Gasteiger partial charge in [-0.25, -0.2) is 4.98 Å². The third kappa shape index (κ3) is 4.38. The number of rotatable bonds is 6. The molecular weight excluding hydrogens is 340 g/mol. The van der Waals surface area contributed by atoms with Crippen molar-refractivity contribution in [3.8, 4) is 0 Å². The van der Waals surface area contributed by atoms with E-state index in [1.54, 1.807) is 0 Å². The summed E-state index contributed by atoms with van der Waals surface area (Å²) in [6, 6.07) is 8.33. The predicted octanol–water partition coefficient (Wildman–Crippen LogP) is 3.95. The fourth-order valence-electron chi connectivity index (χ4n) is 3.64. The molecule has 1 fully saturated rings. The molecule has 1 aliphatic rings. The fraction of sp³-hybridized carbons (Fsp3) is 0.476. The van der Waals surface area contributed by atoms with Gasteiger partial charge in [0.2, 0.25) is 5.95 Å². The van der Waals surface area contributed by atoms with Gasteiger partial charge in [0, 0.05) is 30.5 Å². The van der Waals surface area contributed by atoms with Gasteiger partial charge >= 0.3 is 5.97 Å². The van der Waals surface area contributed by atoms with Gasteiger partial charge in [-0.1, -0.05) is 32.0 Å². The summed E-state index contributed by atoms with van der Waals surface area (Å²) >= 11 is 0. The van der Waals surface area contributed by atoms with Crippen molar-refractivity contribution in [1.82, 2.24) is 9.97 Å². The lowest BCUT2D eigenvalue weighted by atomic mass is 9.97. The number of carboxylic acid groups (broad SMARTS) is 1. The summed E-state index contributed by atoms with van der Waals surface area (Å²) in [6.45, 7) is 7.67. The highest BCUT2D eigenvalue weighted by molar-refractivity contribution is 5.70. The molecule has 2 N–H and O–H groups in total. The van der Waals surface area contributed by atoms with Gasteiger partial charge in [-0.3, -0.25) is 4.79 Å². The standard InChI is InChI=1S/C21H28N4O2/c1-4-15-7-6-8-16(5-2)19(15)24-21-22-14(3)13-18(23-21)25-11-9-17(10-12-25)20(26)27/h6-8,13,17H,4-5,9-12H2,1-3H3,(H,26,27)(H,22,23,24). The maximum Gasteiger partial charge on any atom is 0.306 e. The summed E-state index contributed by atoms with van der Waals surface area (Å²) in [5, 5.41) is 12.6. The van der Waals surface area contributed by atoms with E-state index in [1.165, 1.54) is 11.1 Å². The number of nitrogens with one attached hydrogen (secondary N) is 1. The maximum absolute atomic E-state index is 11.2. The molecule has 0 unspecified atom stereocenters. The number of para-hydroxylation sites is 1. The van der Waals surface area contributed by atoms with Gasteiger partial charge < -0.3 is 15.3 Å². The Morgan fingerprint density at radius 3 is 2.37 bits per heavy atom. The highest BCUT2D eigenvalue weighted by Crippen LogP contribution is 2.27. The van der Waals surface area contributed by atoms with E-state index in [-0.39, 0.29) is 5.92 Å². The number of carboxylic acids is 1. The van der Waals surface area contributed by atoms with Crippen molar-refractivity contribution in [3.63, 3.8) is 0 Å². The first-order chi connectivity index (χ1) is 13.0. The Kier molecular flexibility index (Phi) is 5.94. The Labute approximate surface area is 160 Å². The first-order valence-electron chi connectivity index (χ1n) is 9.73. The third-order valence-electron chi connectivity index (χ3n) is 5.24. The highest BCUT2D eigenvalue weighted by atomic mass is 16.4. The van der Waals surface area contributed by atoms with E-state index >= 15 is 0 Å². The van der Waals surface area contributed by atoms with Gasteiger partial charge in [0.15, 0.2) is 0 Å². The number of aliphatic carboxylic acids is 1. The Morgan fingerprint density at radius 2 is 1.81 bits per heavy atom. The largest absolute Gasteiger partial charge is 0.481 e. The van der Waals surface area contributed by atoms with E-state index in [2.05, 4.69) is 47.2 Å². The molecule has 6 heteroatoms. The summed E-state index contributed by atoms with van der Waals surface area (Å²) in [7, 11) is 0. The van der Waals surface area contributed by atoms with Crippen LogP contribution in [0.2, 0.25) is 0 Å². The number of hydrogen-bond acceptors (Lipinski definition) is 5. The Balaban J connectivity index is 1.84. The van der Waals surface area contributed by atoms with Crippen molar-refractivity contribution in [3.05, 3.63) is 41.1 Å². The summed E-state index contributed by atoms with van der Waals surface area (Å²) in [4.78, 5) is 22.6. The minimum atomic E-state index is -0.695. The molecule has 2 heterocycles. The molecule has 1 aromatic carbocycles. The van der Waals surface area contributed by atoms with Crippen molar-refractivity contribution in [1.29, 1.82) is 0 Å². The average molecular weight is 368 g/mol. The second kappa shape index (κ2) is 8.37. The smallest absolute Gasteiger partial charge is 0.306 e. The van der Waals surface area contributed by atoms with Crippen LogP contribution in [0.1, 0.15) is 43.5 Å². The lowest BCUT2D eigenvalue weighted by molar-refractivity contribution is -0.142. The molecule has 0 bridgehead atoms. The second-order valence-electron chi connectivity index (χ2n) is 7.07. The van der Waals surface area contributed by atoms with Crippen LogP contribution in [0.25, 0.3) is 0 Å². The number of hydrogen-bond donors (Lipinski definition) is 2. The number of carbonyl (C=O) groups is 1. The van der Waals surface area contributed by atoms with Crippen molar-refractivity contribution in [2.24, 2.45) is 5.92 Å². The van der Waals surface area contributed by atoms with Crippen LogP contribution in [0.15, 0.2) is 24.3 Å². The first-order valence-corrected chi connectivity index (χ1v) is 9.73. The van der Waals surface area contributed by atoms with E-state index in [9.17, 15) is 9.90 Å². The molecule has 0 aliphatic carbocycles. The van der Waals surface area contributed by atoms with E-state index < -0.39 is 5.97 Å². The van der Waals surface area contributed by atoms with Gasteiger partial charge in [-0.05, 0) is 43.7 Å². The molecular formula is C21H28N4O2. The molecule has 3 rings (SSSR count). The molecule has 0 saturated carbocycles. The topological polar surface area (TPSA) is 78.4 Å². The summed E-state index contributed by atoms with van der Waals surface area (Å²) in [5.74, 6) is 0.520. The number of piperidine rings is 1. The van der Waals surface area contributed by atoms with Crippen LogP contribution in [-0.2, 0) is 17.6 Å². The molecule has 144 valence electrons. The van der Waals surface area contributed by atoms with E-state index in [1.807, 2.05) is 13.0 Å². The van der Waals surface area contributed by atoms with Gasteiger partial charge in [0.25, 0.3) is 0 Å². The predicted molar refractivity (Wildman–Crippen MR) is 108 cm³/mol. The lowest BCUT2D eigenvalue weighted by Crippen LogP contribution is -2.36. The lowest BCUT2D eigenvalue weighted by Gasteiger charge is -2.31. The molecule has 2 aromatic rings. The van der Waals surface area contributed by atoms with Gasteiger partial charge in [0.05, 0.1) is 5.92 Å². The third-order valence-corrected chi connectivity index (χ3v) is 5.24. The average Bonchev–Trinajstić information content (AvgIpc) is 2.67. The van der Waals surface area contributed by atoms with Crippen molar-refractivity contribution in [2.45, 2.75) is 46.5 Å². The molecule has 0 radical (unpaired) electrons. The molecule has 0 amide bonds.